The van der Waals surface area contributed by atoms with Crippen LogP contribution in [0.3, 0.4) is 0 Å². The van der Waals surface area contributed by atoms with Gasteiger partial charge in [-0.1, -0.05) is 0 Å². The molecule has 0 spiro atoms. The number of rotatable bonds is 2. The van der Waals surface area contributed by atoms with Crippen LogP contribution in [0.2, 0.25) is 0 Å². The fourth-order valence-corrected chi connectivity index (χ4v) is 1.62. The predicted molar refractivity (Wildman–Crippen MR) is 58.4 cm³/mol. The van der Waals surface area contributed by atoms with Crippen LogP contribution in [0.5, 0.6) is 0 Å². The average molecular weight is 221 g/mol. The third-order valence-electron chi connectivity index (χ3n) is 2.50. The van der Waals surface area contributed by atoms with E-state index in [0.29, 0.717) is 31.0 Å². The number of nitrogens with zero attached hydrogens (tertiary/aromatic N) is 2. The van der Waals surface area contributed by atoms with Gasteiger partial charge in [0.15, 0.2) is 0 Å². The molecule has 2 heterocycles. The van der Waals surface area contributed by atoms with Crippen LogP contribution in [0, 0.1) is 0 Å². The molecular weight excluding hydrogens is 206 g/mol. The molecule has 0 aliphatic carbocycles. The molecule has 0 atom stereocenters. The molecule has 5 nitrogen and oxygen atoms in total. The third kappa shape index (κ3) is 2.37. The second-order valence-corrected chi connectivity index (χ2v) is 3.69. The lowest BCUT2D eigenvalue weighted by atomic mass is 10.2. The van der Waals surface area contributed by atoms with Crippen molar-refractivity contribution in [3.63, 3.8) is 0 Å². The lowest BCUT2D eigenvalue weighted by Crippen LogP contribution is -2.35. The Labute approximate surface area is 94.2 Å². The Hall–Kier alpha value is -1.46. The van der Waals surface area contributed by atoms with Crippen molar-refractivity contribution in [2.24, 2.45) is 5.73 Å². The maximum absolute atomic E-state index is 12.0. The summed E-state index contributed by atoms with van der Waals surface area (Å²) in [6, 6.07) is 3.39. The zero-order chi connectivity index (χ0) is 11.4. The summed E-state index contributed by atoms with van der Waals surface area (Å²) in [6.45, 7) is 1.60. The molecule has 2 rings (SSSR count). The molecule has 1 amide bonds. The van der Waals surface area contributed by atoms with Crippen LogP contribution in [0.1, 0.15) is 28.9 Å². The Morgan fingerprint density at radius 3 is 3.12 bits per heavy atom. The zero-order valence-electron chi connectivity index (χ0n) is 9.06. The molecule has 86 valence electrons. The monoisotopic (exact) mass is 221 g/mol. The fraction of sp³-hybridized carbons (Fsp3) is 0.455. The molecule has 1 fully saturated rings. The smallest absolute Gasteiger partial charge is 0.277 e. The van der Waals surface area contributed by atoms with Crippen molar-refractivity contribution in [1.29, 1.82) is 0 Å². The number of hydrogen-bond acceptors (Lipinski definition) is 4. The highest BCUT2D eigenvalue weighted by molar-refractivity contribution is 5.93. The normalized spacial score (nSPS) is 16.2. The molecule has 0 aromatic carbocycles. The first kappa shape index (κ1) is 11.0. The van der Waals surface area contributed by atoms with E-state index in [4.69, 9.17) is 10.6 Å². The Kier molecular flexibility index (Phi) is 3.48. The Morgan fingerprint density at radius 1 is 1.56 bits per heavy atom. The summed E-state index contributed by atoms with van der Waals surface area (Å²) in [5.41, 5.74) is 6.77. The maximum atomic E-state index is 12.0. The second kappa shape index (κ2) is 5.05. The lowest BCUT2D eigenvalue weighted by molar-refractivity contribution is -0.144. The van der Waals surface area contributed by atoms with Gasteiger partial charge in [0, 0.05) is 24.8 Å². The van der Waals surface area contributed by atoms with Gasteiger partial charge in [-0.3, -0.25) is 14.6 Å². The molecule has 1 aromatic heterocycles. The summed E-state index contributed by atoms with van der Waals surface area (Å²) in [6.07, 6.45) is 3.59. The number of carbonyl (C=O) groups is 1. The molecular formula is C11H15N3O2. The molecule has 0 radical (unpaired) electrons. The topological polar surface area (TPSA) is 68.5 Å². The summed E-state index contributed by atoms with van der Waals surface area (Å²) in [4.78, 5) is 21.3. The highest BCUT2D eigenvalue weighted by Gasteiger charge is 2.19. The van der Waals surface area contributed by atoms with Crippen molar-refractivity contribution in [1.82, 2.24) is 10.0 Å². The van der Waals surface area contributed by atoms with Gasteiger partial charge in [-0.2, -0.15) is 0 Å². The van der Waals surface area contributed by atoms with E-state index < -0.39 is 0 Å². The Morgan fingerprint density at radius 2 is 2.44 bits per heavy atom. The second-order valence-electron chi connectivity index (χ2n) is 3.69. The van der Waals surface area contributed by atoms with Gasteiger partial charge in [-0.25, -0.2) is 5.06 Å². The van der Waals surface area contributed by atoms with E-state index in [1.165, 1.54) is 5.06 Å². The van der Waals surface area contributed by atoms with Crippen LogP contribution < -0.4 is 5.73 Å². The van der Waals surface area contributed by atoms with Crippen molar-refractivity contribution >= 4 is 5.91 Å². The van der Waals surface area contributed by atoms with E-state index in [2.05, 4.69) is 4.98 Å². The first-order valence-electron chi connectivity index (χ1n) is 5.41. The van der Waals surface area contributed by atoms with Gasteiger partial charge in [-0.15, -0.1) is 0 Å². The number of hydroxylamine groups is 2. The Bertz CT molecular complexity index is 375. The van der Waals surface area contributed by atoms with Crippen molar-refractivity contribution < 1.29 is 9.63 Å². The molecule has 1 aliphatic rings. The number of amides is 1. The minimum atomic E-state index is -0.114. The van der Waals surface area contributed by atoms with E-state index in [1.807, 2.05) is 0 Å². The molecule has 5 heteroatoms. The standard InChI is InChI=1S/C11H15N3O2/c12-8-10-7-9(3-4-13-10)11(15)14-5-1-2-6-16-14/h3-4,7H,1-2,5-6,8,12H2. The summed E-state index contributed by atoms with van der Waals surface area (Å²) in [5, 5.41) is 1.42. The average Bonchev–Trinajstić information content (AvgIpc) is 2.39. The SMILES string of the molecule is NCc1cc(C(=O)N2CCCCO2)ccn1. The molecule has 16 heavy (non-hydrogen) atoms. The van der Waals surface area contributed by atoms with Crippen molar-refractivity contribution in [2.45, 2.75) is 19.4 Å². The van der Waals surface area contributed by atoms with Gasteiger partial charge in [0.1, 0.15) is 0 Å². The van der Waals surface area contributed by atoms with E-state index in [1.54, 1.807) is 18.3 Å². The van der Waals surface area contributed by atoms with E-state index in [-0.39, 0.29) is 5.91 Å². The fourth-order valence-electron chi connectivity index (χ4n) is 1.62. The summed E-state index contributed by atoms with van der Waals surface area (Å²) >= 11 is 0. The third-order valence-corrected chi connectivity index (χ3v) is 2.50. The van der Waals surface area contributed by atoms with Crippen LogP contribution in [-0.4, -0.2) is 29.1 Å². The highest BCUT2D eigenvalue weighted by atomic mass is 16.7. The van der Waals surface area contributed by atoms with E-state index in [0.717, 1.165) is 12.8 Å². The lowest BCUT2D eigenvalue weighted by Gasteiger charge is -2.25. The number of aromatic nitrogens is 1. The molecule has 2 N–H and O–H groups in total. The first-order valence-corrected chi connectivity index (χ1v) is 5.41. The molecule has 0 saturated carbocycles. The van der Waals surface area contributed by atoms with Crippen molar-refractivity contribution in [3.05, 3.63) is 29.6 Å². The van der Waals surface area contributed by atoms with Crippen LogP contribution in [0.4, 0.5) is 0 Å². The number of carbonyl (C=O) groups excluding carboxylic acids is 1. The first-order chi connectivity index (χ1) is 7.81. The minimum Gasteiger partial charge on any atom is -0.325 e. The predicted octanol–water partition coefficient (Wildman–Crippen LogP) is 0.708. The molecule has 0 bridgehead atoms. The molecule has 1 aromatic rings. The van der Waals surface area contributed by atoms with Crippen molar-refractivity contribution in [3.8, 4) is 0 Å². The van der Waals surface area contributed by atoms with Gasteiger partial charge >= 0.3 is 0 Å². The van der Waals surface area contributed by atoms with Gasteiger partial charge in [0.05, 0.1) is 12.3 Å². The van der Waals surface area contributed by atoms with Gasteiger partial charge in [0.25, 0.3) is 5.91 Å². The van der Waals surface area contributed by atoms with Crippen LogP contribution in [0.15, 0.2) is 18.3 Å². The van der Waals surface area contributed by atoms with E-state index in [9.17, 15) is 4.79 Å². The zero-order valence-corrected chi connectivity index (χ0v) is 9.06. The molecule has 1 saturated heterocycles. The summed E-state index contributed by atoms with van der Waals surface area (Å²) in [7, 11) is 0. The van der Waals surface area contributed by atoms with Gasteiger partial charge < -0.3 is 5.73 Å². The number of nitrogens with two attached hydrogens (primary N) is 1. The number of hydrogen-bond donors (Lipinski definition) is 1. The van der Waals surface area contributed by atoms with Crippen molar-refractivity contribution in [2.75, 3.05) is 13.2 Å². The van der Waals surface area contributed by atoms with Gasteiger partial charge in [-0.05, 0) is 25.0 Å². The van der Waals surface area contributed by atoms with E-state index >= 15 is 0 Å². The maximum Gasteiger partial charge on any atom is 0.277 e. The van der Waals surface area contributed by atoms with Gasteiger partial charge in [0.2, 0.25) is 0 Å². The summed E-state index contributed by atoms with van der Waals surface area (Å²) in [5.74, 6) is -0.114. The molecule has 1 aliphatic heterocycles. The van der Waals surface area contributed by atoms with Crippen LogP contribution >= 0.6 is 0 Å². The highest BCUT2D eigenvalue weighted by Crippen LogP contribution is 2.11. The minimum absolute atomic E-state index is 0.114. The largest absolute Gasteiger partial charge is 0.325 e. The summed E-state index contributed by atoms with van der Waals surface area (Å²) < 4.78 is 0. The Balaban J connectivity index is 2.12. The van der Waals surface area contributed by atoms with Crippen LogP contribution in [0.25, 0.3) is 0 Å². The van der Waals surface area contributed by atoms with Crippen LogP contribution in [-0.2, 0) is 11.4 Å². The molecule has 0 unspecified atom stereocenters. The number of pyridine rings is 1. The quantitative estimate of drug-likeness (QED) is 0.798.